The molecule has 0 saturated heterocycles. The smallest absolute Gasteiger partial charge is 0.307 e. The van der Waals surface area contributed by atoms with E-state index < -0.39 is 17.8 Å². The van der Waals surface area contributed by atoms with E-state index in [0.717, 1.165) is 4.47 Å². The number of hydrogen-bond acceptors (Lipinski definition) is 2. The van der Waals surface area contributed by atoms with Crippen LogP contribution in [0.4, 0.5) is 5.69 Å². The fourth-order valence-corrected chi connectivity index (χ4v) is 2.55. The number of carbonyl (C=O) groups is 2. The topological polar surface area (TPSA) is 66.4 Å². The molecule has 0 saturated carbocycles. The zero-order chi connectivity index (χ0) is 13.8. The number of aliphatic carboxylic acids is 1. The summed E-state index contributed by atoms with van der Waals surface area (Å²) in [5, 5.41) is 11.9. The zero-order valence-corrected chi connectivity index (χ0v) is 11.8. The first-order valence-electron chi connectivity index (χ1n) is 6.03. The average molecular weight is 324 g/mol. The second-order valence-electron chi connectivity index (χ2n) is 4.46. The van der Waals surface area contributed by atoms with Crippen molar-refractivity contribution in [3.63, 3.8) is 0 Å². The van der Waals surface area contributed by atoms with Crippen molar-refractivity contribution < 1.29 is 14.7 Å². The number of halogens is 1. The van der Waals surface area contributed by atoms with E-state index >= 15 is 0 Å². The van der Waals surface area contributed by atoms with Crippen LogP contribution in [-0.2, 0) is 9.59 Å². The van der Waals surface area contributed by atoms with Crippen molar-refractivity contribution in [2.75, 3.05) is 5.32 Å². The number of rotatable bonds is 3. The van der Waals surface area contributed by atoms with Gasteiger partial charge in [-0.1, -0.05) is 24.3 Å². The minimum atomic E-state index is -0.920. The normalized spacial score (nSPS) is 21.9. The van der Waals surface area contributed by atoms with E-state index in [4.69, 9.17) is 5.11 Å². The maximum atomic E-state index is 12.2. The van der Waals surface area contributed by atoms with E-state index in [1.807, 2.05) is 30.4 Å². The Hall–Kier alpha value is -1.62. The van der Waals surface area contributed by atoms with E-state index in [0.29, 0.717) is 18.5 Å². The van der Waals surface area contributed by atoms with E-state index in [9.17, 15) is 9.59 Å². The van der Waals surface area contributed by atoms with Crippen molar-refractivity contribution >= 4 is 33.5 Å². The Bertz CT molecular complexity index is 527. The molecular formula is C14H14BrNO3. The van der Waals surface area contributed by atoms with Gasteiger partial charge in [-0.2, -0.15) is 0 Å². The highest BCUT2D eigenvalue weighted by molar-refractivity contribution is 9.10. The lowest BCUT2D eigenvalue weighted by Gasteiger charge is -2.24. The minimum Gasteiger partial charge on any atom is -0.481 e. The summed E-state index contributed by atoms with van der Waals surface area (Å²) < 4.78 is 0.779. The van der Waals surface area contributed by atoms with Crippen LogP contribution in [-0.4, -0.2) is 17.0 Å². The predicted octanol–water partition coefficient (Wildman–Crippen LogP) is 3.05. The molecule has 1 aliphatic carbocycles. The van der Waals surface area contributed by atoms with Gasteiger partial charge in [-0.05, 0) is 40.9 Å². The molecule has 0 heterocycles. The number of carboxylic acid groups (broad SMARTS) is 1. The summed E-state index contributed by atoms with van der Waals surface area (Å²) in [5.41, 5.74) is 0.659. The van der Waals surface area contributed by atoms with Crippen molar-refractivity contribution in [3.05, 3.63) is 40.9 Å². The molecule has 4 nitrogen and oxygen atoms in total. The van der Waals surface area contributed by atoms with Crippen LogP contribution in [0.1, 0.15) is 12.8 Å². The molecule has 1 aromatic rings. The first-order valence-corrected chi connectivity index (χ1v) is 6.82. The lowest BCUT2D eigenvalue weighted by molar-refractivity contribution is -0.146. The van der Waals surface area contributed by atoms with Crippen molar-refractivity contribution in [2.24, 2.45) is 11.8 Å². The van der Waals surface area contributed by atoms with Gasteiger partial charge < -0.3 is 10.4 Å². The minimum absolute atomic E-state index is 0.247. The number of para-hydroxylation sites is 1. The average Bonchev–Trinajstić information content (AvgIpc) is 2.41. The fourth-order valence-electron chi connectivity index (χ4n) is 2.16. The summed E-state index contributed by atoms with van der Waals surface area (Å²) in [4.78, 5) is 23.4. The van der Waals surface area contributed by atoms with Gasteiger partial charge in [-0.15, -0.1) is 0 Å². The first-order chi connectivity index (χ1) is 9.09. The Morgan fingerprint density at radius 1 is 1.16 bits per heavy atom. The van der Waals surface area contributed by atoms with Crippen LogP contribution in [0.2, 0.25) is 0 Å². The van der Waals surface area contributed by atoms with E-state index in [1.54, 1.807) is 6.07 Å². The molecule has 0 spiro atoms. The van der Waals surface area contributed by atoms with Crippen LogP contribution in [0.5, 0.6) is 0 Å². The molecule has 2 atom stereocenters. The number of carboxylic acids is 1. The number of hydrogen-bond donors (Lipinski definition) is 2. The Labute approximate surface area is 119 Å². The summed E-state index contributed by atoms with van der Waals surface area (Å²) in [7, 11) is 0. The summed E-state index contributed by atoms with van der Waals surface area (Å²) in [6.45, 7) is 0. The van der Waals surface area contributed by atoms with Crippen LogP contribution < -0.4 is 5.32 Å². The number of allylic oxidation sites excluding steroid dienone is 2. The van der Waals surface area contributed by atoms with Crippen molar-refractivity contribution in [1.29, 1.82) is 0 Å². The van der Waals surface area contributed by atoms with E-state index in [2.05, 4.69) is 21.2 Å². The van der Waals surface area contributed by atoms with Crippen LogP contribution in [0.25, 0.3) is 0 Å². The molecule has 19 heavy (non-hydrogen) atoms. The van der Waals surface area contributed by atoms with Gasteiger partial charge in [-0.25, -0.2) is 0 Å². The molecule has 1 aromatic carbocycles. The molecule has 0 fully saturated rings. The third-order valence-corrected chi connectivity index (χ3v) is 3.91. The van der Waals surface area contributed by atoms with Gasteiger partial charge >= 0.3 is 5.97 Å². The van der Waals surface area contributed by atoms with Crippen LogP contribution in [0.3, 0.4) is 0 Å². The lowest BCUT2D eigenvalue weighted by Crippen LogP contribution is -2.34. The summed E-state index contributed by atoms with van der Waals surface area (Å²) in [6, 6.07) is 7.26. The van der Waals surface area contributed by atoms with Gasteiger partial charge in [-0.3, -0.25) is 9.59 Å². The van der Waals surface area contributed by atoms with Crippen LogP contribution in [0.15, 0.2) is 40.9 Å². The quantitative estimate of drug-likeness (QED) is 0.840. The highest BCUT2D eigenvalue weighted by atomic mass is 79.9. The molecular weight excluding hydrogens is 310 g/mol. The largest absolute Gasteiger partial charge is 0.481 e. The molecule has 0 aliphatic heterocycles. The van der Waals surface area contributed by atoms with Crippen molar-refractivity contribution in [3.8, 4) is 0 Å². The van der Waals surface area contributed by atoms with E-state index in [1.165, 1.54) is 0 Å². The van der Waals surface area contributed by atoms with Gasteiger partial charge in [0.15, 0.2) is 0 Å². The number of amides is 1. The Kier molecular flexibility index (Phi) is 4.37. The maximum absolute atomic E-state index is 12.2. The van der Waals surface area contributed by atoms with Crippen molar-refractivity contribution in [1.82, 2.24) is 0 Å². The molecule has 2 N–H and O–H groups in total. The highest BCUT2D eigenvalue weighted by Gasteiger charge is 2.34. The van der Waals surface area contributed by atoms with Crippen LogP contribution >= 0.6 is 15.9 Å². The second kappa shape index (κ2) is 6.02. The van der Waals surface area contributed by atoms with Gasteiger partial charge in [0.25, 0.3) is 0 Å². The molecule has 0 bridgehead atoms. The summed E-state index contributed by atoms with van der Waals surface area (Å²) in [6.07, 6.45) is 4.56. The molecule has 100 valence electrons. The third kappa shape index (κ3) is 3.23. The number of benzene rings is 1. The Morgan fingerprint density at radius 2 is 1.79 bits per heavy atom. The predicted molar refractivity (Wildman–Crippen MR) is 75.8 cm³/mol. The number of anilines is 1. The lowest BCUT2D eigenvalue weighted by atomic mass is 9.82. The second-order valence-corrected chi connectivity index (χ2v) is 5.32. The third-order valence-electron chi connectivity index (χ3n) is 3.22. The summed E-state index contributed by atoms with van der Waals surface area (Å²) in [5.74, 6) is -2.33. The van der Waals surface area contributed by atoms with Gasteiger partial charge in [0.1, 0.15) is 0 Å². The molecule has 5 heteroatoms. The highest BCUT2D eigenvalue weighted by Crippen LogP contribution is 2.28. The van der Waals surface area contributed by atoms with Gasteiger partial charge in [0, 0.05) is 4.47 Å². The maximum Gasteiger partial charge on any atom is 0.307 e. The summed E-state index contributed by atoms with van der Waals surface area (Å²) >= 11 is 3.35. The van der Waals surface area contributed by atoms with Gasteiger partial charge in [0.05, 0.1) is 17.5 Å². The van der Waals surface area contributed by atoms with Crippen molar-refractivity contribution in [2.45, 2.75) is 12.8 Å². The standard InChI is InChI=1S/C14H14BrNO3/c15-11-7-3-4-8-12(11)16-13(17)9-5-1-2-6-10(9)14(18)19/h1-4,7-10H,5-6H2,(H,16,17)(H,18,19)/t9-,10-/m0/s1. The molecule has 1 amide bonds. The van der Waals surface area contributed by atoms with Crippen LogP contribution in [0, 0.1) is 11.8 Å². The first kappa shape index (κ1) is 13.8. The Balaban J connectivity index is 2.13. The molecule has 0 radical (unpaired) electrons. The SMILES string of the molecule is O=C(O)[C@H]1CC=CC[C@@H]1C(=O)Nc1ccccc1Br. The van der Waals surface area contributed by atoms with E-state index in [-0.39, 0.29) is 5.91 Å². The fraction of sp³-hybridized carbons (Fsp3) is 0.286. The number of carbonyl (C=O) groups excluding carboxylic acids is 1. The molecule has 1 aliphatic rings. The monoisotopic (exact) mass is 323 g/mol. The molecule has 0 unspecified atom stereocenters. The zero-order valence-electron chi connectivity index (χ0n) is 10.2. The molecule has 2 rings (SSSR count). The molecule has 0 aromatic heterocycles. The Morgan fingerprint density at radius 3 is 2.42 bits per heavy atom. The number of nitrogens with one attached hydrogen (secondary N) is 1. The van der Waals surface area contributed by atoms with Gasteiger partial charge in [0.2, 0.25) is 5.91 Å².